The van der Waals surface area contributed by atoms with E-state index in [1.54, 1.807) is 57.3 Å². The van der Waals surface area contributed by atoms with Crippen molar-refractivity contribution in [1.29, 1.82) is 0 Å². The molecule has 1 unspecified atom stereocenters. The number of aryl methyl sites for hydroxylation is 1. The van der Waals surface area contributed by atoms with Crippen molar-refractivity contribution in [3.05, 3.63) is 75.8 Å². The van der Waals surface area contributed by atoms with Crippen LogP contribution in [0.3, 0.4) is 0 Å². The van der Waals surface area contributed by atoms with E-state index >= 15 is 0 Å². The van der Waals surface area contributed by atoms with Crippen molar-refractivity contribution in [2.45, 2.75) is 44.7 Å². The summed E-state index contributed by atoms with van der Waals surface area (Å²) >= 11 is 0. The van der Waals surface area contributed by atoms with Crippen LogP contribution in [-0.2, 0) is 28.0 Å². The SMILES string of the molecule is CNc1cc2c(=O)n(C)cc(-c3cc(OC)c(CN4CCC(CCN5CCN(c6ccc7c(c6)C(=O)N(C6CCC(=O)NC6=O)C7=O)CC5)CC4)c(OC)c3)c2cn1.O=CO. The van der Waals surface area contributed by atoms with Gasteiger partial charge in [0.15, 0.2) is 0 Å². The largest absolute Gasteiger partial charge is 0.496 e. The number of piperazine rings is 1. The number of benzene rings is 2. The van der Waals surface area contributed by atoms with E-state index in [1.165, 1.54) is 0 Å². The quantitative estimate of drug-likeness (QED) is 0.147. The fraction of sp³-hybridized carbons (Fsp3) is 0.432. The number of ether oxygens (including phenoxy) is 2. The van der Waals surface area contributed by atoms with Crippen LogP contribution in [0, 0.1) is 5.92 Å². The molecule has 17 heteroatoms. The maximum absolute atomic E-state index is 13.3. The molecule has 2 aromatic heterocycles. The highest BCUT2D eigenvalue weighted by Crippen LogP contribution is 2.39. The van der Waals surface area contributed by atoms with Gasteiger partial charge in [-0.2, -0.15) is 0 Å². The number of methoxy groups -OCH3 is 2. The second kappa shape index (κ2) is 18.5. The number of likely N-dealkylation sites (tertiary alicyclic amines) is 1. The summed E-state index contributed by atoms with van der Waals surface area (Å²) in [6.07, 6.45) is 7.18. The van der Waals surface area contributed by atoms with E-state index in [4.69, 9.17) is 19.4 Å². The zero-order valence-corrected chi connectivity index (χ0v) is 34.9. The Hall–Kier alpha value is -6.33. The third kappa shape index (κ3) is 8.79. The summed E-state index contributed by atoms with van der Waals surface area (Å²) in [4.78, 5) is 84.7. The number of imide groups is 2. The molecule has 8 rings (SSSR count). The predicted octanol–water partition coefficient (Wildman–Crippen LogP) is 3.19. The third-order valence-corrected chi connectivity index (χ3v) is 12.3. The van der Waals surface area contributed by atoms with Gasteiger partial charge in [-0.15, -0.1) is 0 Å². The van der Waals surface area contributed by atoms with Crippen LogP contribution in [0.15, 0.2) is 53.6 Å². The number of carboxylic acid groups (broad SMARTS) is 1. The molecule has 6 heterocycles. The van der Waals surface area contributed by atoms with Gasteiger partial charge in [-0.25, -0.2) is 4.98 Å². The van der Waals surface area contributed by atoms with Gasteiger partial charge >= 0.3 is 0 Å². The zero-order valence-electron chi connectivity index (χ0n) is 34.9. The number of aromatic nitrogens is 2. The molecule has 322 valence electrons. The summed E-state index contributed by atoms with van der Waals surface area (Å²) in [7, 11) is 6.90. The van der Waals surface area contributed by atoms with Crippen LogP contribution in [0.1, 0.15) is 58.4 Å². The van der Waals surface area contributed by atoms with Crippen LogP contribution in [0.2, 0.25) is 0 Å². The Bertz CT molecular complexity index is 2380. The Labute approximate surface area is 353 Å². The molecule has 3 N–H and O–H groups in total. The fourth-order valence-corrected chi connectivity index (χ4v) is 8.93. The topological polar surface area (TPSA) is 196 Å². The number of rotatable bonds is 11. The second-order valence-corrected chi connectivity index (χ2v) is 15.8. The second-order valence-electron chi connectivity index (χ2n) is 15.8. The van der Waals surface area contributed by atoms with Crippen LogP contribution in [0.4, 0.5) is 11.5 Å². The zero-order chi connectivity index (χ0) is 43.4. The molecule has 0 saturated carbocycles. The lowest BCUT2D eigenvalue weighted by Crippen LogP contribution is -2.54. The molecule has 0 bridgehead atoms. The molecule has 4 aromatic rings. The molecule has 17 nitrogen and oxygen atoms in total. The van der Waals surface area contributed by atoms with Crippen molar-refractivity contribution in [2.24, 2.45) is 13.0 Å². The molecular weight excluding hydrogens is 785 g/mol. The van der Waals surface area contributed by atoms with Crippen molar-refractivity contribution in [3.63, 3.8) is 0 Å². The van der Waals surface area contributed by atoms with E-state index in [2.05, 4.69) is 30.3 Å². The van der Waals surface area contributed by atoms with Gasteiger partial charge in [0, 0.05) is 82.3 Å². The number of hydrogen-bond acceptors (Lipinski definition) is 13. The number of carbonyl (C=O) groups excluding carboxylic acids is 4. The van der Waals surface area contributed by atoms with E-state index in [0.717, 1.165) is 109 Å². The standard InChI is InChI=1S/C43H50N8O7.CH2O2/c1-44-38-22-31-32(23-45-38)33(24-47(2)41(31)54)27-19-36(57-3)34(37(20-27)58-4)25-49-13-10-26(11-14-49)9-12-48-15-17-50(18-16-48)28-5-6-29-30(21-28)43(56)51(42(29)55)35-7-8-39(52)46-40(35)53;2-1-3/h5-6,19-24,26,35H,7-18,25H2,1-4H3,(H,44,45)(H,46,52,53);1H,(H,2,3). The number of anilines is 2. The number of piperidine rings is 2. The van der Waals surface area contributed by atoms with Gasteiger partial charge in [0.1, 0.15) is 23.4 Å². The molecule has 0 radical (unpaired) electrons. The maximum Gasteiger partial charge on any atom is 0.290 e. The lowest BCUT2D eigenvalue weighted by atomic mass is 9.92. The van der Waals surface area contributed by atoms with Gasteiger partial charge in [-0.3, -0.25) is 48.8 Å². The molecule has 0 spiro atoms. The molecule has 2 aromatic carbocycles. The Morgan fingerprint density at radius 2 is 1.52 bits per heavy atom. The highest BCUT2D eigenvalue weighted by atomic mass is 16.5. The lowest BCUT2D eigenvalue weighted by Gasteiger charge is -2.38. The van der Waals surface area contributed by atoms with E-state index in [9.17, 15) is 24.0 Å². The molecular formula is C44H52N8O9. The average Bonchev–Trinajstić information content (AvgIpc) is 3.52. The molecule has 61 heavy (non-hydrogen) atoms. The summed E-state index contributed by atoms with van der Waals surface area (Å²) in [6.45, 7) is 6.89. The highest BCUT2D eigenvalue weighted by molar-refractivity contribution is 6.23. The van der Waals surface area contributed by atoms with Crippen LogP contribution in [0.25, 0.3) is 21.9 Å². The average molecular weight is 837 g/mol. The first kappa shape index (κ1) is 42.8. The summed E-state index contributed by atoms with van der Waals surface area (Å²) in [5, 5.41) is 13.5. The number of pyridine rings is 2. The number of fused-ring (bicyclic) bond motifs is 2. The van der Waals surface area contributed by atoms with Gasteiger partial charge in [0.25, 0.3) is 23.8 Å². The van der Waals surface area contributed by atoms with Gasteiger partial charge in [-0.05, 0) is 93.2 Å². The van der Waals surface area contributed by atoms with Crippen molar-refractivity contribution in [3.8, 4) is 22.6 Å². The summed E-state index contributed by atoms with van der Waals surface area (Å²) in [5.41, 5.74) is 4.17. The lowest BCUT2D eigenvalue weighted by molar-refractivity contribution is -0.136. The first-order chi connectivity index (χ1) is 29.5. The van der Waals surface area contributed by atoms with Crippen LogP contribution < -0.4 is 30.6 Å². The Balaban J connectivity index is 0.00000182. The van der Waals surface area contributed by atoms with Gasteiger partial charge in [0.2, 0.25) is 11.8 Å². The monoisotopic (exact) mass is 836 g/mol. The Morgan fingerprint density at radius 1 is 0.852 bits per heavy atom. The minimum atomic E-state index is -0.970. The molecule has 1 atom stereocenters. The molecule has 4 aliphatic heterocycles. The fourth-order valence-electron chi connectivity index (χ4n) is 8.93. The molecule has 3 fully saturated rings. The smallest absolute Gasteiger partial charge is 0.290 e. The van der Waals surface area contributed by atoms with Crippen LogP contribution >= 0.6 is 0 Å². The molecule has 4 aliphatic rings. The molecule has 3 saturated heterocycles. The van der Waals surface area contributed by atoms with Crippen molar-refractivity contribution < 1.29 is 38.6 Å². The summed E-state index contributed by atoms with van der Waals surface area (Å²) < 4.78 is 13.5. The first-order valence-corrected chi connectivity index (χ1v) is 20.5. The number of nitrogens with zero attached hydrogens (tertiary/aromatic N) is 6. The van der Waals surface area contributed by atoms with Crippen LogP contribution in [-0.4, -0.2) is 133 Å². The number of carbonyl (C=O) groups is 5. The number of hydrogen-bond donors (Lipinski definition) is 3. The third-order valence-electron chi connectivity index (χ3n) is 12.3. The highest BCUT2D eigenvalue weighted by Gasteiger charge is 2.45. The maximum atomic E-state index is 13.3. The van der Waals surface area contributed by atoms with Gasteiger partial charge in [-0.1, -0.05) is 0 Å². The van der Waals surface area contributed by atoms with Crippen LogP contribution in [0.5, 0.6) is 11.5 Å². The van der Waals surface area contributed by atoms with Crippen molar-refractivity contribution >= 4 is 52.4 Å². The predicted molar refractivity (Wildman–Crippen MR) is 228 cm³/mol. The Kier molecular flexibility index (Phi) is 13.0. The Morgan fingerprint density at radius 3 is 2.16 bits per heavy atom. The number of amides is 4. The normalized spacial score (nSPS) is 18.7. The van der Waals surface area contributed by atoms with Gasteiger partial charge < -0.3 is 29.4 Å². The minimum absolute atomic E-state index is 0.0890. The van der Waals surface area contributed by atoms with Gasteiger partial charge in [0.05, 0.1) is 36.3 Å². The molecule has 4 amide bonds. The summed E-state index contributed by atoms with van der Waals surface area (Å²) in [6, 6.07) is 10.2. The minimum Gasteiger partial charge on any atom is -0.496 e. The van der Waals surface area contributed by atoms with E-state index in [-0.39, 0.29) is 30.8 Å². The van der Waals surface area contributed by atoms with Crippen molar-refractivity contribution in [1.82, 2.24) is 29.6 Å². The number of nitrogens with one attached hydrogen (secondary N) is 2. The first-order valence-electron chi connectivity index (χ1n) is 20.5. The van der Waals surface area contributed by atoms with E-state index in [0.29, 0.717) is 34.8 Å². The van der Waals surface area contributed by atoms with Crippen molar-refractivity contribution in [2.75, 3.05) is 77.3 Å². The molecule has 0 aliphatic carbocycles. The van der Waals surface area contributed by atoms with E-state index < -0.39 is 23.8 Å². The summed E-state index contributed by atoms with van der Waals surface area (Å²) in [5.74, 6) is 0.797. The van der Waals surface area contributed by atoms with E-state index in [1.807, 2.05) is 24.4 Å².